The molecule has 4 nitrogen and oxygen atoms in total. The van der Waals surface area contributed by atoms with Crippen LogP contribution in [-0.4, -0.2) is 15.2 Å². The van der Waals surface area contributed by atoms with Gasteiger partial charge in [0.2, 0.25) is 0 Å². The highest BCUT2D eigenvalue weighted by molar-refractivity contribution is 5.55. The fourth-order valence-corrected chi connectivity index (χ4v) is 1.27. The second-order valence-corrected chi connectivity index (χ2v) is 3.46. The lowest BCUT2D eigenvalue weighted by Crippen LogP contribution is -2.06. The van der Waals surface area contributed by atoms with E-state index in [0.29, 0.717) is 5.82 Å². The molecule has 0 aliphatic carbocycles. The Labute approximate surface area is 90.5 Å². The molecule has 0 aliphatic heterocycles. The molecule has 0 saturated heterocycles. The van der Waals surface area contributed by atoms with Gasteiger partial charge in [-0.1, -0.05) is 0 Å². The van der Waals surface area contributed by atoms with Crippen molar-refractivity contribution >= 4 is 0 Å². The molecule has 1 unspecified atom stereocenters. The fourth-order valence-electron chi connectivity index (χ4n) is 1.27. The van der Waals surface area contributed by atoms with E-state index < -0.39 is 11.6 Å². The largest absolute Gasteiger partial charge is 0.322 e. The zero-order valence-corrected chi connectivity index (χ0v) is 8.54. The summed E-state index contributed by atoms with van der Waals surface area (Å²) in [4.78, 5) is 4.02. The summed E-state index contributed by atoms with van der Waals surface area (Å²) in [6.07, 6.45) is 0. The minimum absolute atomic E-state index is 0.143. The van der Waals surface area contributed by atoms with Crippen LogP contribution < -0.4 is 5.73 Å². The van der Waals surface area contributed by atoms with Crippen molar-refractivity contribution in [3.05, 3.63) is 35.7 Å². The number of nitrogens with zero attached hydrogens (tertiary/aromatic N) is 2. The molecule has 0 fully saturated rings. The molecule has 0 bridgehead atoms. The van der Waals surface area contributed by atoms with Crippen molar-refractivity contribution in [2.45, 2.75) is 13.0 Å². The van der Waals surface area contributed by atoms with Crippen molar-refractivity contribution in [3.63, 3.8) is 0 Å². The Bertz CT molecular complexity index is 507. The molecule has 2 aromatic rings. The summed E-state index contributed by atoms with van der Waals surface area (Å²) >= 11 is 0. The monoisotopic (exact) mass is 224 g/mol. The van der Waals surface area contributed by atoms with Gasteiger partial charge in [0.1, 0.15) is 17.5 Å². The van der Waals surface area contributed by atoms with Crippen LogP contribution in [-0.2, 0) is 0 Å². The van der Waals surface area contributed by atoms with E-state index in [2.05, 4.69) is 15.2 Å². The number of hydrogen-bond acceptors (Lipinski definition) is 3. The SMILES string of the molecule is CC(N)c1nc(-c2ccc(F)cc2F)n[nH]1. The topological polar surface area (TPSA) is 67.6 Å². The van der Waals surface area contributed by atoms with Gasteiger partial charge < -0.3 is 5.73 Å². The summed E-state index contributed by atoms with van der Waals surface area (Å²) in [5.74, 6) is -0.706. The first-order valence-corrected chi connectivity index (χ1v) is 4.71. The van der Waals surface area contributed by atoms with Gasteiger partial charge in [-0.2, -0.15) is 5.10 Å². The van der Waals surface area contributed by atoms with Crippen molar-refractivity contribution in [3.8, 4) is 11.4 Å². The Hall–Kier alpha value is -1.82. The van der Waals surface area contributed by atoms with Gasteiger partial charge >= 0.3 is 0 Å². The molecule has 1 heterocycles. The first kappa shape index (κ1) is 10.7. The molecule has 1 aromatic carbocycles. The third-order valence-electron chi connectivity index (χ3n) is 2.11. The molecule has 0 aliphatic rings. The maximum Gasteiger partial charge on any atom is 0.184 e. The van der Waals surface area contributed by atoms with Crippen LogP contribution in [0.3, 0.4) is 0 Å². The van der Waals surface area contributed by atoms with E-state index in [1.807, 2.05) is 0 Å². The first-order chi connectivity index (χ1) is 7.58. The van der Waals surface area contributed by atoms with E-state index in [1.165, 1.54) is 6.07 Å². The Morgan fingerprint density at radius 1 is 1.38 bits per heavy atom. The second-order valence-electron chi connectivity index (χ2n) is 3.46. The van der Waals surface area contributed by atoms with Crippen LogP contribution in [0.1, 0.15) is 18.8 Å². The summed E-state index contributed by atoms with van der Waals surface area (Å²) in [7, 11) is 0. The van der Waals surface area contributed by atoms with E-state index in [1.54, 1.807) is 6.92 Å². The predicted molar refractivity (Wildman–Crippen MR) is 54.3 cm³/mol. The molecular formula is C10H10F2N4. The highest BCUT2D eigenvalue weighted by Crippen LogP contribution is 2.20. The number of H-pyrrole nitrogens is 1. The molecule has 0 radical (unpaired) electrons. The minimum Gasteiger partial charge on any atom is -0.322 e. The molecule has 84 valence electrons. The Morgan fingerprint density at radius 2 is 2.12 bits per heavy atom. The quantitative estimate of drug-likeness (QED) is 0.816. The molecule has 0 spiro atoms. The highest BCUT2D eigenvalue weighted by Gasteiger charge is 2.12. The van der Waals surface area contributed by atoms with Crippen molar-refractivity contribution in [1.29, 1.82) is 0 Å². The molecule has 0 saturated carbocycles. The minimum atomic E-state index is -0.699. The Kier molecular flexibility index (Phi) is 2.66. The maximum atomic E-state index is 13.4. The normalized spacial score (nSPS) is 12.8. The van der Waals surface area contributed by atoms with Gasteiger partial charge in [-0.05, 0) is 19.1 Å². The lowest BCUT2D eigenvalue weighted by atomic mass is 10.2. The van der Waals surface area contributed by atoms with Crippen LogP contribution in [0.15, 0.2) is 18.2 Å². The number of aromatic amines is 1. The predicted octanol–water partition coefficient (Wildman–Crippen LogP) is 1.77. The van der Waals surface area contributed by atoms with E-state index in [-0.39, 0.29) is 17.4 Å². The van der Waals surface area contributed by atoms with Gasteiger partial charge in [-0.25, -0.2) is 13.8 Å². The van der Waals surface area contributed by atoms with Crippen LogP contribution in [0.4, 0.5) is 8.78 Å². The number of aromatic nitrogens is 3. The molecule has 1 aromatic heterocycles. The highest BCUT2D eigenvalue weighted by atomic mass is 19.1. The molecule has 3 N–H and O–H groups in total. The molecule has 2 rings (SSSR count). The Morgan fingerprint density at radius 3 is 2.69 bits per heavy atom. The first-order valence-electron chi connectivity index (χ1n) is 4.71. The van der Waals surface area contributed by atoms with Crippen molar-refractivity contribution in [2.75, 3.05) is 0 Å². The number of rotatable bonds is 2. The van der Waals surface area contributed by atoms with Gasteiger partial charge in [0.05, 0.1) is 11.6 Å². The molecule has 1 atom stereocenters. The van der Waals surface area contributed by atoms with E-state index in [0.717, 1.165) is 12.1 Å². The summed E-state index contributed by atoms with van der Waals surface area (Å²) in [6, 6.07) is 2.92. The third-order valence-corrected chi connectivity index (χ3v) is 2.11. The van der Waals surface area contributed by atoms with E-state index in [9.17, 15) is 8.78 Å². The zero-order valence-electron chi connectivity index (χ0n) is 8.54. The van der Waals surface area contributed by atoms with Gasteiger partial charge in [-0.3, -0.25) is 5.10 Å². The second kappa shape index (κ2) is 3.97. The zero-order chi connectivity index (χ0) is 11.7. The van der Waals surface area contributed by atoms with Gasteiger partial charge in [-0.15, -0.1) is 0 Å². The number of nitrogens with two attached hydrogens (primary N) is 1. The summed E-state index contributed by atoms with van der Waals surface area (Å²) in [6.45, 7) is 1.73. The summed E-state index contributed by atoms with van der Waals surface area (Å²) in [5, 5.41) is 6.42. The number of benzene rings is 1. The fraction of sp³-hybridized carbons (Fsp3) is 0.200. The number of hydrogen-bond donors (Lipinski definition) is 2. The molecule has 0 amide bonds. The summed E-state index contributed by atoms with van der Waals surface area (Å²) in [5.41, 5.74) is 5.72. The lowest BCUT2D eigenvalue weighted by molar-refractivity contribution is 0.585. The van der Waals surface area contributed by atoms with Crippen LogP contribution in [0, 0.1) is 11.6 Å². The number of nitrogens with one attached hydrogen (secondary N) is 1. The van der Waals surface area contributed by atoms with Crippen molar-refractivity contribution in [1.82, 2.24) is 15.2 Å². The lowest BCUT2D eigenvalue weighted by Gasteiger charge is -1.98. The van der Waals surface area contributed by atoms with E-state index >= 15 is 0 Å². The number of halogens is 2. The molecular weight excluding hydrogens is 214 g/mol. The van der Waals surface area contributed by atoms with Crippen LogP contribution in [0.5, 0.6) is 0 Å². The average Bonchev–Trinajstić information content (AvgIpc) is 2.66. The smallest absolute Gasteiger partial charge is 0.184 e. The standard InChI is InChI=1S/C10H10F2N4/c1-5(13)9-14-10(16-15-9)7-3-2-6(11)4-8(7)12/h2-5H,13H2,1H3,(H,14,15,16). The van der Waals surface area contributed by atoms with Gasteiger partial charge in [0.15, 0.2) is 5.82 Å². The summed E-state index contributed by atoms with van der Waals surface area (Å²) < 4.78 is 26.1. The van der Waals surface area contributed by atoms with Gasteiger partial charge in [0.25, 0.3) is 0 Å². The molecule has 16 heavy (non-hydrogen) atoms. The third kappa shape index (κ3) is 1.92. The van der Waals surface area contributed by atoms with Crippen molar-refractivity contribution in [2.24, 2.45) is 5.73 Å². The van der Waals surface area contributed by atoms with Crippen LogP contribution >= 0.6 is 0 Å². The van der Waals surface area contributed by atoms with E-state index in [4.69, 9.17) is 5.73 Å². The van der Waals surface area contributed by atoms with Crippen LogP contribution in [0.25, 0.3) is 11.4 Å². The van der Waals surface area contributed by atoms with Gasteiger partial charge in [0, 0.05) is 6.07 Å². The Balaban J connectivity index is 2.42. The van der Waals surface area contributed by atoms with Crippen molar-refractivity contribution < 1.29 is 8.78 Å². The molecule has 6 heteroatoms. The average molecular weight is 224 g/mol. The van der Waals surface area contributed by atoms with Crippen LogP contribution in [0.2, 0.25) is 0 Å². The maximum absolute atomic E-state index is 13.4.